The van der Waals surface area contributed by atoms with Gasteiger partial charge in [-0.3, -0.25) is 14.5 Å². The molecule has 0 bridgehead atoms. The van der Waals surface area contributed by atoms with Gasteiger partial charge in [0.05, 0.1) is 12.7 Å². The summed E-state index contributed by atoms with van der Waals surface area (Å²) in [7, 11) is 1.61. The molecule has 5 nitrogen and oxygen atoms in total. The molecule has 33 heavy (non-hydrogen) atoms. The summed E-state index contributed by atoms with van der Waals surface area (Å²) in [5, 5.41) is 0. The van der Waals surface area contributed by atoms with E-state index in [1.165, 1.54) is 10.5 Å². The zero-order chi connectivity index (χ0) is 22.8. The Morgan fingerprint density at radius 2 is 1.58 bits per heavy atom. The number of carbonyl (C=O) groups is 2. The third-order valence-corrected chi connectivity index (χ3v) is 6.37. The van der Waals surface area contributed by atoms with Crippen LogP contribution in [0.5, 0.6) is 5.75 Å². The average Bonchev–Trinajstić information content (AvgIpc) is 3.12. The highest BCUT2D eigenvalue weighted by Gasteiger charge is 2.42. The van der Waals surface area contributed by atoms with Crippen LogP contribution >= 0.6 is 0 Å². The zero-order valence-electron chi connectivity index (χ0n) is 18.7. The minimum Gasteiger partial charge on any atom is -0.497 e. The van der Waals surface area contributed by atoms with Crippen LogP contribution < -0.4 is 9.64 Å². The third-order valence-electron chi connectivity index (χ3n) is 6.37. The number of aryl methyl sites for hydroxylation is 1. The predicted octanol–water partition coefficient (Wildman–Crippen LogP) is 4.47. The first-order valence-electron chi connectivity index (χ1n) is 11.3. The SMILES string of the molecule is COc1ccc(C2=C(N3CCCc4ccccc43)C(=O)N(CCc3ccccc3)C2=O)cc1. The van der Waals surface area contributed by atoms with E-state index in [0.717, 1.165) is 29.7 Å². The van der Waals surface area contributed by atoms with Gasteiger partial charge in [-0.05, 0) is 54.2 Å². The molecule has 3 aromatic carbocycles. The molecule has 0 spiro atoms. The number of hydrogen-bond acceptors (Lipinski definition) is 4. The Kier molecular flexibility index (Phi) is 5.69. The summed E-state index contributed by atoms with van der Waals surface area (Å²) < 4.78 is 5.29. The van der Waals surface area contributed by atoms with Crippen molar-refractivity contribution >= 4 is 23.1 Å². The van der Waals surface area contributed by atoms with Crippen LogP contribution in [0.3, 0.4) is 0 Å². The number of hydrogen-bond donors (Lipinski definition) is 0. The van der Waals surface area contributed by atoms with Gasteiger partial charge in [0.15, 0.2) is 0 Å². The number of fused-ring (bicyclic) bond motifs is 1. The molecule has 3 aromatic rings. The fourth-order valence-corrected chi connectivity index (χ4v) is 4.69. The molecular formula is C28H26N2O3. The Hall–Kier alpha value is -3.86. The number of anilines is 1. The van der Waals surface area contributed by atoms with Gasteiger partial charge < -0.3 is 9.64 Å². The minimum absolute atomic E-state index is 0.224. The molecule has 166 valence electrons. The lowest BCUT2D eigenvalue weighted by Gasteiger charge is -2.32. The minimum atomic E-state index is -0.237. The lowest BCUT2D eigenvalue weighted by molar-refractivity contribution is -0.136. The van der Waals surface area contributed by atoms with Crippen LogP contribution in [-0.4, -0.2) is 36.9 Å². The van der Waals surface area contributed by atoms with E-state index in [4.69, 9.17) is 4.74 Å². The Bertz CT molecular complexity index is 1220. The predicted molar refractivity (Wildman–Crippen MR) is 129 cm³/mol. The van der Waals surface area contributed by atoms with E-state index in [2.05, 4.69) is 6.07 Å². The summed E-state index contributed by atoms with van der Waals surface area (Å²) in [6, 6.07) is 25.5. The van der Waals surface area contributed by atoms with Crippen LogP contribution in [-0.2, 0) is 22.4 Å². The summed E-state index contributed by atoms with van der Waals surface area (Å²) in [5.41, 5.74) is 4.98. The quantitative estimate of drug-likeness (QED) is 0.533. The maximum atomic E-state index is 13.7. The molecule has 0 saturated heterocycles. The molecule has 2 aliphatic heterocycles. The number of methoxy groups -OCH3 is 1. The summed E-state index contributed by atoms with van der Waals surface area (Å²) in [4.78, 5) is 30.8. The van der Waals surface area contributed by atoms with Gasteiger partial charge in [0.2, 0.25) is 0 Å². The van der Waals surface area contributed by atoms with Crippen molar-refractivity contribution in [3.8, 4) is 5.75 Å². The molecule has 0 aromatic heterocycles. The Morgan fingerprint density at radius 3 is 2.33 bits per heavy atom. The Labute approximate surface area is 193 Å². The van der Waals surface area contributed by atoms with E-state index in [1.807, 2.05) is 77.7 Å². The summed E-state index contributed by atoms with van der Waals surface area (Å²) >= 11 is 0. The van der Waals surface area contributed by atoms with E-state index in [1.54, 1.807) is 7.11 Å². The first-order chi connectivity index (χ1) is 16.2. The maximum absolute atomic E-state index is 13.7. The van der Waals surface area contributed by atoms with E-state index < -0.39 is 0 Å². The third kappa shape index (κ3) is 3.91. The molecule has 0 radical (unpaired) electrons. The van der Waals surface area contributed by atoms with Gasteiger partial charge in [0, 0.05) is 18.8 Å². The first kappa shape index (κ1) is 21.0. The second kappa shape index (κ2) is 8.94. The van der Waals surface area contributed by atoms with Crippen LogP contribution in [0.2, 0.25) is 0 Å². The molecule has 0 fully saturated rings. The molecule has 2 amide bonds. The topological polar surface area (TPSA) is 49.9 Å². The standard InChI is InChI=1S/C28H26N2O3/c1-33-23-15-13-22(14-16-23)25-26(29-18-7-11-21-10-5-6-12-24(21)29)28(32)30(27(25)31)19-17-20-8-3-2-4-9-20/h2-6,8-10,12-16H,7,11,17-19H2,1H3. The highest BCUT2D eigenvalue weighted by molar-refractivity contribution is 6.36. The molecule has 0 unspecified atom stereocenters. The Morgan fingerprint density at radius 1 is 0.848 bits per heavy atom. The molecule has 5 heteroatoms. The van der Waals surface area contributed by atoms with Crippen molar-refractivity contribution in [1.82, 2.24) is 4.90 Å². The van der Waals surface area contributed by atoms with E-state index >= 15 is 0 Å². The maximum Gasteiger partial charge on any atom is 0.278 e. The zero-order valence-corrected chi connectivity index (χ0v) is 18.7. The average molecular weight is 439 g/mol. The summed E-state index contributed by atoms with van der Waals surface area (Å²) in [6.07, 6.45) is 2.53. The lowest BCUT2D eigenvalue weighted by Crippen LogP contribution is -2.38. The van der Waals surface area contributed by atoms with Crippen molar-refractivity contribution in [1.29, 1.82) is 0 Å². The molecule has 2 aliphatic rings. The number of ether oxygens (including phenoxy) is 1. The lowest BCUT2D eigenvalue weighted by atomic mass is 9.98. The molecule has 5 rings (SSSR count). The number of nitrogens with zero attached hydrogens (tertiary/aromatic N) is 2. The number of amides is 2. The van der Waals surface area contributed by atoms with Crippen LogP contribution in [0.1, 0.15) is 23.1 Å². The van der Waals surface area contributed by atoms with Crippen molar-refractivity contribution in [2.24, 2.45) is 0 Å². The second-order valence-electron chi connectivity index (χ2n) is 8.33. The van der Waals surface area contributed by atoms with Gasteiger partial charge in [-0.25, -0.2) is 0 Å². The first-order valence-corrected chi connectivity index (χ1v) is 11.3. The van der Waals surface area contributed by atoms with Gasteiger partial charge >= 0.3 is 0 Å². The monoisotopic (exact) mass is 438 g/mol. The molecular weight excluding hydrogens is 412 g/mol. The van der Waals surface area contributed by atoms with Gasteiger partial charge in [0.25, 0.3) is 11.8 Å². The highest BCUT2D eigenvalue weighted by Crippen LogP contribution is 2.38. The Balaban J connectivity index is 1.56. The second-order valence-corrected chi connectivity index (χ2v) is 8.33. The van der Waals surface area contributed by atoms with Crippen molar-refractivity contribution in [2.45, 2.75) is 19.3 Å². The van der Waals surface area contributed by atoms with Crippen LogP contribution in [0.25, 0.3) is 5.57 Å². The number of rotatable bonds is 6. The molecule has 0 aliphatic carbocycles. The fraction of sp³-hybridized carbons (Fsp3) is 0.214. The van der Waals surface area contributed by atoms with Crippen LogP contribution in [0.15, 0.2) is 84.6 Å². The van der Waals surface area contributed by atoms with Crippen LogP contribution in [0.4, 0.5) is 5.69 Å². The normalized spacial score (nSPS) is 15.8. The van der Waals surface area contributed by atoms with Gasteiger partial charge in [-0.15, -0.1) is 0 Å². The number of imide groups is 1. The smallest absolute Gasteiger partial charge is 0.278 e. The van der Waals surface area contributed by atoms with Crippen LogP contribution in [0, 0.1) is 0 Å². The summed E-state index contributed by atoms with van der Waals surface area (Å²) in [5.74, 6) is 0.250. The van der Waals surface area contributed by atoms with Crippen molar-refractivity contribution in [2.75, 3.05) is 25.1 Å². The van der Waals surface area contributed by atoms with E-state index in [-0.39, 0.29) is 11.8 Å². The molecule has 0 N–H and O–H groups in total. The molecule has 0 atom stereocenters. The van der Waals surface area contributed by atoms with Gasteiger partial charge in [0.1, 0.15) is 11.4 Å². The fourth-order valence-electron chi connectivity index (χ4n) is 4.69. The number of benzene rings is 3. The van der Waals surface area contributed by atoms with Crippen molar-refractivity contribution < 1.29 is 14.3 Å². The van der Waals surface area contributed by atoms with Crippen molar-refractivity contribution in [3.63, 3.8) is 0 Å². The number of carbonyl (C=O) groups excluding carboxylic acids is 2. The summed E-state index contributed by atoms with van der Waals surface area (Å²) in [6.45, 7) is 1.05. The number of para-hydroxylation sites is 1. The van der Waals surface area contributed by atoms with Gasteiger partial charge in [-0.1, -0.05) is 60.7 Å². The van der Waals surface area contributed by atoms with Gasteiger partial charge in [-0.2, -0.15) is 0 Å². The van der Waals surface area contributed by atoms with E-state index in [9.17, 15) is 9.59 Å². The largest absolute Gasteiger partial charge is 0.497 e. The highest BCUT2D eigenvalue weighted by atomic mass is 16.5. The molecule has 2 heterocycles. The van der Waals surface area contributed by atoms with Crippen molar-refractivity contribution in [3.05, 3.63) is 101 Å². The van der Waals surface area contributed by atoms with E-state index in [0.29, 0.717) is 36.5 Å². The molecule has 0 saturated carbocycles.